The fourth-order valence-electron chi connectivity index (χ4n) is 0.617. The molecule has 1 nitrogen and oxygen atoms in total. The fraction of sp³-hybridized carbons (Fsp3) is 0.375. The molecule has 0 N–H and O–H groups in total. The summed E-state index contributed by atoms with van der Waals surface area (Å²) in [4.78, 5) is 2.12. The van der Waals surface area contributed by atoms with Gasteiger partial charge in [-0.25, -0.2) is 0 Å². The molecule has 0 aromatic heterocycles. The van der Waals surface area contributed by atoms with Crippen LogP contribution in [0.5, 0.6) is 0 Å². The summed E-state index contributed by atoms with van der Waals surface area (Å²) < 4.78 is 0. The lowest BCUT2D eigenvalue weighted by Gasteiger charge is -2.14. The van der Waals surface area contributed by atoms with Crippen molar-refractivity contribution in [2.45, 2.75) is 6.92 Å². The molecule has 0 amide bonds. The van der Waals surface area contributed by atoms with Gasteiger partial charge in [0.25, 0.3) is 0 Å². The van der Waals surface area contributed by atoms with Crippen molar-refractivity contribution in [3.63, 3.8) is 0 Å². The molecule has 0 saturated heterocycles. The Hall–Kier alpha value is -0.560. The lowest BCUT2D eigenvalue weighted by molar-refractivity contribution is 0.414. The summed E-state index contributed by atoms with van der Waals surface area (Å²) in [6, 6.07) is 0. The second-order valence-corrected chi connectivity index (χ2v) is 1.79. The van der Waals surface area contributed by atoms with Gasteiger partial charge in [-0.15, -0.1) is 13.2 Å². The molecule has 51 valence electrons. The van der Waals surface area contributed by atoms with Crippen LogP contribution in [0.4, 0.5) is 0 Å². The summed E-state index contributed by atoms with van der Waals surface area (Å²) in [6.45, 7) is 13.1. The summed E-state index contributed by atoms with van der Waals surface area (Å²) in [5, 5.41) is 0. The molecule has 1 radical (unpaired) electrons. The van der Waals surface area contributed by atoms with Crippen LogP contribution in [0, 0.1) is 6.54 Å². The Bertz CT molecular complexity index is 76.6. The standard InChI is InChI=1S/C8H14N/c1-4-7-9(6-3)8-5-2/h4-6H,1-2,7-8H2,3H3. The average molecular weight is 124 g/mol. The van der Waals surface area contributed by atoms with Crippen LogP contribution in [0.15, 0.2) is 25.3 Å². The minimum absolute atomic E-state index is 0.905. The monoisotopic (exact) mass is 124 g/mol. The van der Waals surface area contributed by atoms with Crippen molar-refractivity contribution in [1.82, 2.24) is 4.90 Å². The number of hydrogen-bond acceptors (Lipinski definition) is 1. The van der Waals surface area contributed by atoms with E-state index in [0.29, 0.717) is 0 Å². The van der Waals surface area contributed by atoms with Crippen molar-refractivity contribution in [3.8, 4) is 0 Å². The first-order valence-electron chi connectivity index (χ1n) is 3.10. The molecule has 9 heavy (non-hydrogen) atoms. The summed E-state index contributed by atoms with van der Waals surface area (Å²) in [6.07, 6.45) is 3.76. The Morgan fingerprint density at radius 1 is 1.22 bits per heavy atom. The van der Waals surface area contributed by atoms with E-state index in [4.69, 9.17) is 0 Å². The van der Waals surface area contributed by atoms with E-state index in [1.54, 1.807) is 0 Å². The van der Waals surface area contributed by atoms with E-state index in [-0.39, 0.29) is 0 Å². The lowest BCUT2D eigenvalue weighted by atomic mass is 10.4. The topological polar surface area (TPSA) is 3.24 Å². The minimum atomic E-state index is 0.905. The van der Waals surface area contributed by atoms with Gasteiger partial charge in [0.15, 0.2) is 0 Å². The molecule has 0 aromatic rings. The SMILES string of the molecule is C=CCN([CH]C)CC=C. The lowest BCUT2D eigenvalue weighted by Crippen LogP contribution is -2.18. The van der Waals surface area contributed by atoms with Crippen LogP contribution in [-0.4, -0.2) is 18.0 Å². The van der Waals surface area contributed by atoms with Gasteiger partial charge in [-0.1, -0.05) is 12.2 Å². The van der Waals surface area contributed by atoms with Crippen molar-refractivity contribution in [3.05, 3.63) is 31.9 Å². The normalized spacial score (nSPS) is 9.56. The van der Waals surface area contributed by atoms with Crippen LogP contribution >= 0.6 is 0 Å². The number of hydrogen-bond donors (Lipinski definition) is 0. The fourth-order valence-corrected chi connectivity index (χ4v) is 0.617. The third-order valence-corrected chi connectivity index (χ3v) is 1.09. The average Bonchev–Trinajstić information content (AvgIpc) is 1.88. The summed E-state index contributed by atoms with van der Waals surface area (Å²) >= 11 is 0. The van der Waals surface area contributed by atoms with Gasteiger partial charge >= 0.3 is 0 Å². The van der Waals surface area contributed by atoms with Crippen LogP contribution in [0.2, 0.25) is 0 Å². The molecule has 0 heterocycles. The minimum Gasteiger partial charge on any atom is -0.292 e. The van der Waals surface area contributed by atoms with E-state index >= 15 is 0 Å². The molecular weight excluding hydrogens is 110 g/mol. The van der Waals surface area contributed by atoms with Crippen molar-refractivity contribution in [2.75, 3.05) is 13.1 Å². The molecule has 1 heteroatoms. The van der Waals surface area contributed by atoms with Crippen molar-refractivity contribution >= 4 is 0 Å². The molecule has 0 bridgehead atoms. The summed E-state index contributed by atoms with van der Waals surface area (Å²) in [7, 11) is 0. The van der Waals surface area contributed by atoms with Crippen LogP contribution in [0.3, 0.4) is 0 Å². The molecule has 0 aromatic carbocycles. The van der Waals surface area contributed by atoms with Crippen LogP contribution in [0.1, 0.15) is 6.92 Å². The molecule has 0 aliphatic heterocycles. The van der Waals surface area contributed by atoms with E-state index in [9.17, 15) is 0 Å². The van der Waals surface area contributed by atoms with Crippen molar-refractivity contribution < 1.29 is 0 Å². The second kappa shape index (κ2) is 5.57. The molecular formula is C8H14N. The Morgan fingerprint density at radius 2 is 1.67 bits per heavy atom. The number of rotatable bonds is 5. The van der Waals surface area contributed by atoms with Gasteiger partial charge in [-0.3, -0.25) is 4.90 Å². The van der Waals surface area contributed by atoms with E-state index in [2.05, 4.69) is 18.1 Å². The molecule has 0 fully saturated rings. The zero-order chi connectivity index (χ0) is 7.11. The highest BCUT2D eigenvalue weighted by Gasteiger charge is 1.93. The molecule has 0 aliphatic carbocycles. The maximum absolute atomic E-state index is 3.63. The van der Waals surface area contributed by atoms with Crippen molar-refractivity contribution in [1.29, 1.82) is 0 Å². The summed E-state index contributed by atoms with van der Waals surface area (Å²) in [5.74, 6) is 0. The summed E-state index contributed by atoms with van der Waals surface area (Å²) in [5.41, 5.74) is 0. The van der Waals surface area contributed by atoms with Gasteiger partial charge in [-0.05, 0) is 6.92 Å². The maximum atomic E-state index is 3.63. The van der Waals surface area contributed by atoms with Gasteiger partial charge in [-0.2, -0.15) is 0 Å². The second-order valence-electron chi connectivity index (χ2n) is 1.79. The highest BCUT2D eigenvalue weighted by atomic mass is 15.1. The molecule has 0 rings (SSSR count). The molecule has 0 atom stereocenters. The van der Waals surface area contributed by atoms with Gasteiger partial charge in [0.05, 0.1) is 0 Å². The predicted molar refractivity (Wildman–Crippen MR) is 41.9 cm³/mol. The molecule has 0 aliphatic rings. The van der Waals surface area contributed by atoms with E-state index < -0.39 is 0 Å². The highest BCUT2D eigenvalue weighted by Crippen LogP contribution is 1.90. The largest absolute Gasteiger partial charge is 0.292 e. The van der Waals surface area contributed by atoms with Crippen molar-refractivity contribution in [2.24, 2.45) is 0 Å². The first-order valence-corrected chi connectivity index (χ1v) is 3.10. The third-order valence-electron chi connectivity index (χ3n) is 1.09. The Kier molecular flexibility index (Phi) is 5.23. The Labute approximate surface area is 57.7 Å². The predicted octanol–water partition coefficient (Wildman–Crippen LogP) is 1.84. The first-order chi connectivity index (χ1) is 4.35. The zero-order valence-electron chi connectivity index (χ0n) is 6.01. The van der Waals surface area contributed by atoms with E-state index in [0.717, 1.165) is 13.1 Å². The van der Waals surface area contributed by atoms with Crippen LogP contribution in [0.25, 0.3) is 0 Å². The van der Waals surface area contributed by atoms with Crippen LogP contribution in [-0.2, 0) is 0 Å². The van der Waals surface area contributed by atoms with Crippen LogP contribution < -0.4 is 0 Å². The maximum Gasteiger partial charge on any atom is 0.0227 e. The Balaban J connectivity index is 3.39. The third kappa shape index (κ3) is 3.98. The van der Waals surface area contributed by atoms with Gasteiger partial charge in [0.1, 0.15) is 0 Å². The van der Waals surface area contributed by atoms with Gasteiger partial charge < -0.3 is 0 Å². The molecule has 0 spiro atoms. The first kappa shape index (κ1) is 8.44. The highest BCUT2D eigenvalue weighted by molar-refractivity contribution is 4.81. The van der Waals surface area contributed by atoms with E-state index in [1.807, 2.05) is 25.6 Å². The smallest absolute Gasteiger partial charge is 0.0227 e. The number of nitrogens with zero attached hydrogens (tertiary/aromatic N) is 1. The van der Waals surface area contributed by atoms with Gasteiger partial charge in [0, 0.05) is 19.6 Å². The molecule has 0 saturated carbocycles. The van der Waals surface area contributed by atoms with Gasteiger partial charge in [0.2, 0.25) is 0 Å². The molecule has 0 unspecified atom stereocenters. The van der Waals surface area contributed by atoms with E-state index in [1.165, 1.54) is 0 Å². The zero-order valence-corrected chi connectivity index (χ0v) is 6.01. The Morgan fingerprint density at radius 3 is 1.89 bits per heavy atom. The quantitative estimate of drug-likeness (QED) is 0.505.